The summed E-state index contributed by atoms with van der Waals surface area (Å²) in [6.07, 6.45) is 0.917. The fraction of sp³-hybridized carbons (Fsp3) is 0.450. The molecule has 0 saturated carbocycles. The number of likely N-dealkylation sites (tertiary alicyclic amines) is 1. The Kier molecular flexibility index (Phi) is 4.50. The van der Waals surface area contributed by atoms with Crippen molar-refractivity contribution in [1.29, 1.82) is 0 Å². The summed E-state index contributed by atoms with van der Waals surface area (Å²) in [7, 11) is 1.59. The summed E-state index contributed by atoms with van der Waals surface area (Å²) in [5, 5.41) is 4.17. The minimum absolute atomic E-state index is 0.106. The van der Waals surface area contributed by atoms with Crippen molar-refractivity contribution in [3.8, 4) is 0 Å². The van der Waals surface area contributed by atoms with Crippen LogP contribution in [0.25, 0.3) is 0 Å². The molecule has 2 heterocycles. The van der Waals surface area contributed by atoms with Crippen LogP contribution in [-0.4, -0.2) is 33.2 Å². The number of amides is 1. The quantitative estimate of drug-likeness (QED) is 0.845. The first-order valence-corrected chi connectivity index (χ1v) is 8.72. The van der Waals surface area contributed by atoms with Gasteiger partial charge in [-0.15, -0.1) is 0 Å². The van der Waals surface area contributed by atoms with E-state index in [0.717, 1.165) is 6.42 Å². The van der Waals surface area contributed by atoms with Gasteiger partial charge >= 0.3 is 0 Å². The predicted molar refractivity (Wildman–Crippen MR) is 98.0 cm³/mol. The highest BCUT2D eigenvalue weighted by Crippen LogP contribution is 2.34. The lowest BCUT2D eigenvalue weighted by Crippen LogP contribution is -2.40. The smallest absolute Gasteiger partial charge is 0.279 e. The van der Waals surface area contributed by atoms with Gasteiger partial charge in [0.05, 0.1) is 5.69 Å². The Morgan fingerprint density at radius 1 is 1.20 bits per heavy atom. The van der Waals surface area contributed by atoms with Gasteiger partial charge in [0.25, 0.3) is 11.5 Å². The van der Waals surface area contributed by atoms with Crippen LogP contribution >= 0.6 is 0 Å². The molecule has 1 amide bonds. The van der Waals surface area contributed by atoms with Crippen molar-refractivity contribution in [3.63, 3.8) is 0 Å². The van der Waals surface area contributed by atoms with E-state index in [1.807, 2.05) is 24.0 Å². The Bertz CT molecular complexity index is 885. The first kappa shape index (κ1) is 17.4. The lowest BCUT2D eigenvalue weighted by atomic mass is 9.93. The van der Waals surface area contributed by atoms with E-state index in [4.69, 9.17) is 0 Å². The minimum Gasteiger partial charge on any atom is -0.335 e. The number of aromatic nitrogens is 2. The normalized spacial score (nSPS) is 20.1. The third-order valence-electron chi connectivity index (χ3n) is 5.40. The SMILES string of the molecule is Cc1ccccc1C1CC(C)N(C(=O)c2c(C)c(C)nn(C)c2=O)C1. The molecule has 0 N–H and O–H groups in total. The summed E-state index contributed by atoms with van der Waals surface area (Å²) in [5.41, 5.74) is 3.88. The first-order valence-electron chi connectivity index (χ1n) is 8.72. The van der Waals surface area contributed by atoms with Gasteiger partial charge in [0.2, 0.25) is 0 Å². The maximum atomic E-state index is 13.2. The number of carbonyl (C=O) groups is 1. The molecule has 1 saturated heterocycles. The number of hydrogen-bond acceptors (Lipinski definition) is 3. The molecule has 2 unspecified atom stereocenters. The summed E-state index contributed by atoms with van der Waals surface area (Å²) < 4.78 is 1.26. The minimum atomic E-state index is -0.320. The molecule has 1 aliphatic rings. The van der Waals surface area contributed by atoms with Crippen molar-refractivity contribution < 1.29 is 4.79 Å². The largest absolute Gasteiger partial charge is 0.335 e. The molecule has 1 aliphatic heterocycles. The zero-order chi connectivity index (χ0) is 18.3. The molecular formula is C20H25N3O2. The highest BCUT2D eigenvalue weighted by atomic mass is 16.2. The summed E-state index contributed by atoms with van der Waals surface area (Å²) >= 11 is 0. The molecule has 0 aliphatic carbocycles. The summed E-state index contributed by atoms with van der Waals surface area (Å²) in [6.45, 7) is 8.45. The molecule has 5 heteroatoms. The van der Waals surface area contributed by atoms with Gasteiger partial charge in [0.15, 0.2) is 0 Å². The van der Waals surface area contributed by atoms with Crippen molar-refractivity contribution in [2.24, 2.45) is 7.05 Å². The Labute approximate surface area is 148 Å². The summed E-state index contributed by atoms with van der Waals surface area (Å²) in [5.74, 6) is 0.138. The number of nitrogens with zero attached hydrogens (tertiary/aromatic N) is 3. The van der Waals surface area contributed by atoms with E-state index in [-0.39, 0.29) is 23.1 Å². The predicted octanol–water partition coefficient (Wildman–Crippen LogP) is 2.72. The van der Waals surface area contributed by atoms with Crippen molar-refractivity contribution in [2.75, 3.05) is 6.54 Å². The average molecular weight is 339 g/mol. The van der Waals surface area contributed by atoms with Crippen LogP contribution in [0.1, 0.15) is 52.0 Å². The van der Waals surface area contributed by atoms with Gasteiger partial charge in [-0.05, 0) is 50.8 Å². The van der Waals surface area contributed by atoms with Gasteiger partial charge in [-0.25, -0.2) is 4.68 Å². The molecule has 0 radical (unpaired) electrons. The second-order valence-electron chi connectivity index (χ2n) is 7.11. The van der Waals surface area contributed by atoms with E-state index >= 15 is 0 Å². The molecule has 0 spiro atoms. The molecule has 3 rings (SSSR count). The van der Waals surface area contributed by atoms with Crippen molar-refractivity contribution >= 4 is 5.91 Å². The Morgan fingerprint density at radius 2 is 1.88 bits per heavy atom. The van der Waals surface area contributed by atoms with Crippen molar-refractivity contribution in [1.82, 2.24) is 14.7 Å². The molecule has 5 nitrogen and oxygen atoms in total. The zero-order valence-electron chi connectivity index (χ0n) is 15.5. The molecule has 2 aromatic rings. The maximum Gasteiger partial charge on any atom is 0.279 e. The van der Waals surface area contributed by atoms with Crippen LogP contribution < -0.4 is 5.56 Å². The molecule has 132 valence electrons. The number of benzene rings is 1. The van der Waals surface area contributed by atoms with Crippen LogP contribution in [0.4, 0.5) is 0 Å². The molecule has 1 aromatic carbocycles. The van der Waals surface area contributed by atoms with Crippen LogP contribution in [0.3, 0.4) is 0 Å². The average Bonchev–Trinajstić information content (AvgIpc) is 2.95. The van der Waals surface area contributed by atoms with Crippen LogP contribution in [0.15, 0.2) is 29.1 Å². The third-order valence-corrected chi connectivity index (χ3v) is 5.40. The lowest BCUT2D eigenvalue weighted by Gasteiger charge is -2.22. The molecule has 0 bridgehead atoms. The van der Waals surface area contributed by atoms with E-state index in [1.54, 1.807) is 14.0 Å². The van der Waals surface area contributed by atoms with Gasteiger partial charge in [0.1, 0.15) is 5.56 Å². The Morgan fingerprint density at radius 3 is 2.56 bits per heavy atom. The molecular weight excluding hydrogens is 314 g/mol. The van der Waals surface area contributed by atoms with E-state index in [0.29, 0.717) is 23.7 Å². The van der Waals surface area contributed by atoms with Crippen LogP contribution in [0.2, 0.25) is 0 Å². The standard InChI is InChI=1S/C20H25N3O2/c1-12-8-6-7-9-17(12)16-10-13(2)23(11-16)20(25)18-14(3)15(4)21-22(5)19(18)24/h6-9,13,16H,10-11H2,1-5H3. The summed E-state index contributed by atoms with van der Waals surface area (Å²) in [6, 6.07) is 8.43. The van der Waals surface area contributed by atoms with E-state index in [1.165, 1.54) is 15.8 Å². The fourth-order valence-electron chi connectivity index (χ4n) is 3.83. The number of carbonyl (C=O) groups excluding carboxylic acids is 1. The van der Waals surface area contributed by atoms with Crippen molar-refractivity contribution in [2.45, 2.75) is 46.1 Å². The van der Waals surface area contributed by atoms with Crippen LogP contribution in [0.5, 0.6) is 0 Å². The number of rotatable bonds is 2. The zero-order valence-corrected chi connectivity index (χ0v) is 15.5. The van der Waals surface area contributed by atoms with Gasteiger partial charge < -0.3 is 4.90 Å². The molecule has 2 atom stereocenters. The lowest BCUT2D eigenvalue weighted by molar-refractivity contribution is 0.0742. The van der Waals surface area contributed by atoms with Gasteiger partial charge in [-0.2, -0.15) is 5.10 Å². The van der Waals surface area contributed by atoms with Crippen LogP contribution in [-0.2, 0) is 7.05 Å². The Hall–Kier alpha value is -2.43. The van der Waals surface area contributed by atoms with Gasteiger partial charge in [0, 0.05) is 25.6 Å². The highest BCUT2D eigenvalue weighted by molar-refractivity contribution is 5.95. The monoisotopic (exact) mass is 339 g/mol. The maximum absolute atomic E-state index is 13.2. The fourth-order valence-corrected chi connectivity index (χ4v) is 3.83. The third kappa shape index (κ3) is 2.99. The van der Waals surface area contributed by atoms with Gasteiger partial charge in [-0.3, -0.25) is 9.59 Å². The second kappa shape index (κ2) is 6.47. The van der Waals surface area contributed by atoms with E-state index < -0.39 is 0 Å². The first-order chi connectivity index (χ1) is 11.8. The number of hydrogen-bond donors (Lipinski definition) is 0. The van der Waals surface area contributed by atoms with Crippen LogP contribution in [0, 0.1) is 20.8 Å². The molecule has 1 fully saturated rings. The topological polar surface area (TPSA) is 55.2 Å². The molecule has 1 aromatic heterocycles. The number of aryl methyl sites for hydroxylation is 3. The summed E-state index contributed by atoms with van der Waals surface area (Å²) in [4.78, 5) is 27.5. The van der Waals surface area contributed by atoms with Gasteiger partial charge in [-0.1, -0.05) is 24.3 Å². The highest BCUT2D eigenvalue weighted by Gasteiger charge is 2.36. The van der Waals surface area contributed by atoms with E-state index in [2.05, 4.69) is 31.1 Å². The molecule has 25 heavy (non-hydrogen) atoms. The van der Waals surface area contributed by atoms with Crippen molar-refractivity contribution in [3.05, 3.63) is 62.6 Å². The van der Waals surface area contributed by atoms with E-state index in [9.17, 15) is 9.59 Å². The second-order valence-corrected chi connectivity index (χ2v) is 7.11. The Balaban J connectivity index is 1.95.